The van der Waals surface area contributed by atoms with Crippen LogP contribution in [0, 0.1) is 0 Å². The van der Waals surface area contributed by atoms with Crippen molar-refractivity contribution in [3.63, 3.8) is 0 Å². The third-order valence-corrected chi connectivity index (χ3v) is 0. The minimum atomic E-state index is -4.64. The molecule has 0 aliphatic heterocycles. The highest BCUT2D eigenvalue weighted by Gasteiger charge is 2.00. The number of phosphoric acid groups is 1. The molecule has 0 saturated carbocycles. The standard InChI is InChI=1S/2ClH.H3O4P/c;;1-5(2,3)4/h2*1H;(H3,1,2,3,4). The summed E-state index contributed by atoms with van der Waals surface area (Å²) in [7, 11) is -4.64. The lowest BCUT2D eigenvalue weighted by molar-refractivity contribution is 0.275. The smallest absolute Gasteiger partial charge is 0.303 e. The second-order valence-corrected chi connectivity index (χ2v) is 1.54. The number of hydrogen-bond acceptors (Lipinski definition) is 1. The van der Waals surface area contributed by atoms with Gasteiger partial charge in [-0.05, 0) is 0 Å². The molecule has 0 radical (unpaired) electrons. The molecule has 0 aliphatic carbocycles. The van der Waals surface area contributed by atoms with Crippen molar-refractivity contribution in [3.05, 3.63) is 0 Å². The van der Waals surface area contributed by atoms with Gasteiger partial charge in [0.25, 0.3) is 0 Å². The van der Waals surface area contributed by atoms with E-state index in [1.807, 2.05) is 0 Å². The van der Waals surface area contributed by atoms with Gasteiger partial charge in [0.05, 0.1) is 0 Å². The highest BCUT2D eigenvalue weighted by molar-refractivity contribution is 7.45. The van der Waals surface area contributed by atoms with Crippen LogP contribution in [0.4, 0.5) is 0 Å². The topological polar surface area (TPSA) is 77.8 Å². The molecule has 0 atom stereocenters. The first-order chi connectivity index (χ1) is 2.00. The van der Waals surface area contributed by atoms with Gasteiger partial charge in [0.15, 0.2) is 0 Å². The number of halogens is 2. The molecule has 0 saturated heterocycles. The summed E-state index contributed by atoms with van der Waals surface area (Å²) in [4.78, 5) is 21.6. The third kappa shape index (κ3) is 309. The molecule has 0 heterocycles. The Morgan fingerprint density at radius 1 is 1.00 bits per heavy atom. The predicted molar refractivity (Wildman–Crippen MR) is 28.8 cm³/mol. The Kier molecular flexibility index (Phi) is 10.8. The lowest BCUT2D eigenvalue weighted by Gasteiger charge is -1.82. The fourth-order valence-corrected chi connectivity index (χ4v) is 0. The van der Waals surface area contributed by atoms with Crippen LogP contribution in [0.2, 0.25) is 0 Å². The molecule has 0 aromatic rings. The molecule has 3 N–H and O–H groups in total. The summed E-state index contributed by atoms with van der Waals surface area (Å²) < 4.78 is 8.88. The van der Waals surface area contributed by atoms with E-state index in [9.17, 15) is 0 Å². The first-order valence-electron chi connectivity index (χ1n) is 0.783. The summed E-state index contributed by atoms with van der Waals surface area (Å²) in [5.74, 6) is 0. The molecule has 0 fully saturated rings. The van der Waals surface area contributed by atoms with Crippen molar-refractivity contribution in [2.24, 2.45) is 0 Å². The molecule has 0 aliphatic rings. The molecule has 0 rings (SSSR count). The summed E-state index contributed by atoms with van der Waals surface area (Å²) in [5.41, 5.74) is 0. The van der Waals surface area contributed by atoms with Crippen molar-refractivity contribution < 1.29 is 19.2 Å². The van der Waals surface area contributed by atoms with E-state index >= 15 is 0 Å². The summed E-state index contributed by atoms with van der Waals surface area (Å²) in [6.07, 6.45) is 0. The molecule has 0 amide bonds. The molecule has 0 bridgehead atoms. The number of rotatable bonds is 0. The van der Waals surface area contributed by atoms with Crippen LogP contribution in [0.25, 0.3) is 0 Å². The zero-order chi connectivity index (χ0) is 4.50. The fourth-order valence-electron chi connectivity index (χ4n) is 0. The molecule has 48 valence electrons. The van der Waals surface area contributed by atoms with E-state index in [0.717, 1.165) is 0 Å². The molecule has 7 heteroatoms. The maximum Gasteiger partial charge on any atom is 0.466 e. The monoisotopic (exact) mass is 170 g/mol. The second kappa shape index (κ2) is 4.84. The van der Waals surface area contributed by atoms with E-state index in [-0.39, 0.29) is 24.8 Å². The van der Waals surface area contributed by atoms with Gasteiger partial charge in [0, 0.05) is 0 Å². The SMILES string of the molecule is Cl.Cl.O=P(O)(O)O. The van der Waals surface area contributed by atoms with E-state index < -0.39 is 7.82 Å². The predicted octanol–water partition coefficient (Wildman–Crippen LogP) is -0.0850. The van der Waals surface area contributed by atoms with Crippen LogP contribution in [-0.2, 0) is 4.57 Å². The minimum absolute atomic E-state index is 0. The van der Waals surface area contributed by atoms with Gasteiger partial charge in [0.1, 0.15) is 0 Å². The first kappa shape index (κ1) is 15.6. The van der Waals surface area contributed by atoms with Crippen molar-refractivity contribution in [1.82, 2.24) is 0 Å². The van der Waals surface area contributed by atoms with Crippen LogP contribution in [0.1, 0.15) is 0 Å². The number of hydrogen-bond donors (Lipinski definition) is 3. The molecule has 0 aromatic carbocycles. The Hall–Kier alpha value is 0.690. The van der Waals surface area contributed by atoms with Gasteiger partial charge in [-0.1, -0.05) is 0 Å². The van der Waals surface area contributed by atoms with E-state index in [4.69, 9.17) is 19.2 Å². The molecule has 0 unspecified atom stereocenters. The summed E-state index contributed by atoms with van der Waals surface area (Å²) in [6.45, 7) is 0. The molecule has 7 heavy (non-hydrogen) atoms. The Morgan fingerprint density at radius 2 is 1.00 bits per heavy atom. The summed E-state index contributed by atoms with van der Waals surface area (Å²) in [6, 6.07) is 0. The Bertz CT molecular complexity index is 55.8. The van der Waals surface area contributed by atoms with Crippen molar-refractivity contribution in [2.45, 2.75) is 0 Å². The molecule has 4 nitrogen and oxygen atoms in total. The van der Waals surface area contributed by atoms with Crippen LogP contribution in [0.3, 0.4) is 0 Å². The normalized spacial score (nSPS) is 8.43. The summed E-state index contributed by atoms with van der Waals surface area (Å²) in [5, 5.41) is 0. The first-order valence-corrected chi connectivity index (χ1v) is 2.35. The lowest BCUT2D eigenvalue weighted by Crippen LogP contribution is -1.66. The molecule has 0 spiro atoms. The fraction of sp³-hybridized carbons (Fsp3) is 0. The Balaban J connectivity index is -0.0000000800. The average Bonchev–Trinajstić information content (AvgIpc) is 0.722. The van der Waals surface area contributed by atoms with Crippen LogP contribution < -0.4 is 0 Å². The second-order valence-electron chi connectivity index (χ2n) is 0.513. The van der Waals surface area contributed by atoms with Gasteiger partial charge < -0.3 is 14.7 Å². The molecule has 0 aromatic heterocycles. The van der Waals surface area contributed by atoms with Crippen LogP contribution in [-0.4, -0.2) is 14.7 Å². The van der Waals surface area contributed by atoms with Crippen molar-refractivity contribution >= 4 is 32.6 Å². The highest BCUT2D eigenvalue weighted by Crippen LogP contribution is 2.25. The molecular weight excluding hydrogens is 166 g/mol. The van der Waals surface area contributed by atoms with Crippen LogP contribution in [0.15, 0.2) is 0 Å². The van der Waals surface area contributed by atoms with Gasteiger partial charge in [0.2, 0.25) is 0 Å². The summed E-state index contributed by atoms with van der Waals surface area (Å²) >= 11 is 0. The zero-order valence-corrected chi connectivity index (χ0v) is 5.54. The highest BCUT2D eigenvalue weighted by atomic mass is 35.5. The van der Waals surface area contributed by atoms with E-state index in [1.54, 1.807) is 0 Å². The van der Waals surface area contributed by atoms with Gasteiger partial charge in [-0.25, -0.2) is 4.57 Å². The van der Waals surface area contributed by atoms with E-state index in [1.165, 1.54) is 0 Å². The third-order valence-electron chi connectivity index (χ3n) is 0. The van der Waals surface area contributed by atoms with Crippen LogP contribution in [0.5, 0.6) is 0 Å². The van der Waals surface area contributed by atoms with E-state index in [2.05, 4.69) is 0 Å². The maximum absolute atomic E-state index is 8.88. The van der Waals surface area contributed by atoms with E-state index in [0.29, 0.717) is 0 Å². The van der Waals surface area contributed by atoms with Gasteiger partial charge in [-0.3, -0.25) is 0 Å². The van der Waals surface area contributed by atoms with Crippen molar-refractivity contribution in [3.8, 4) is 0 Å². The van der Waals surface area contributed by atoms with Crippen molar-refractivity contribution in [1.29, 1.82) is 0 Å². The van der Waals surface area contributed by atoms with Crippen molar-refractivity contribution in [2.75, 3.05) is 0 Å². The average molecular weight is 171 g/mol. The zero-order valence-electron chi connectivity index (χ0n) is 3.01. The van der Waals surface area contributed by atoms with Gasteiger partial charge >= 0.3 is 7.82 Å². The quantitative estimate of drug-likeness (QED) is 0.445. The minimum Gasteiger partial charge on any atom is -0.303 e. The Labute approximate surface area is 52.6 Å². The maximum atomic E-state index is 8.88. The molecular formula is H5Cl2O4P. The van der Waals surface area contributed by atoms with Gasteiger partial charge in [-0.2, -0.15) is 0 Å². The van der Waals surface area contributed by atoms with Gasteiger partial charge in [-0.15, -0.1) is 24.8 Å². The Morgan fingerprint density at radius 3 is 1.00 bits per heavy atom. The van der Waals surface area contributed by atoms with Crippen LogP contribution >= 0.6 is 32.6 Å². The largest absolute Gasteiger partial charge is 0.466 e. The lowest BCUT2D eigenvalue weighted by atomic mass is 15.8.